The Labute approximate surface area is 190 Å². The molecule has 2 amide bonds. The Morgan fingerprint density at radius 1 is 1.22 bits per heavy atom. The van der Waals surface area contributed by atoms with E-state index in [0.29, 0.717) is 37.1 Å². The highest BCUT2D eigenvalue weighted by atomic mass is 16.5. The van der Waals surface area contributed by atoms with Gasteiger partial charge in [-0.3, -0.25) is 14.9 Å². The normalized spacial score (nSPS) is 16.7. The molecule has 0 spiro atoms. The van der Waals surface area contributed by atoms with Crippen LogP contribution in [0.5, 0.6) is 11.5 Å². The van der Waals surface area contributed by atoms with Gasteiger partial charge in [-0.2, -0.15) is 0 Å². The Morgan fingerprint density at radius 2 is 1.91 bits per heavy atom. The molecule has 0 saturated carbocycles. The predicted octanol–water partition coefficient (Wildman–Crippen LogP) is 1.78. The van der Waals surface area contributed by atoms with Gasteiger partial charge in [-0.25, -0.2) is 4.99 Å². The van der Waals surface area contributed by atoms with Gasteiger partial charge >= 0.3 is 0 Å². The second-order valence-corrected chi connectivity index (χ2v) is 8.09. The molecule has 1 saturated heterocycles. The first-order valence-electron chi connectivity index (χ1n) is 11.1. The summed E-state index contributed by atoms with van der Waals surface area (Å²) in [5.41, 5.74) is 6.73. The van der Waals surface area contributed by atoms with E-state index in [9.17, 15) is 9.59 Å². The third kappa shape index (κ3) is 8.03. The Balaban J connectivity index is 2.02. The molecule has 0 aromatic heterocycles. The number of ether oxygens (including phenoxy) is 3. The number of methoxy groups -OCH3 is 2. The van der Waals surface area contributed by atoms with Gasteiger partial charge in [0.25, 0.3) is 0 Å². The van der Waals surface area contributed by atoms with Crippen LogP contribution in [0.25, 0.3) is 0 Å². The summed E-state index contributed by atoms with van der Waals surface area (Å²) in [5.74, 6) is 0.851. The number of hydrogen-bond donors (Lipinski definition) is 3. The van der Waals surface area contributed by atoms with Gasteiger partial charge in [0.15, 0.2) is 17.5 Å². The third-order valence-corrected chi connectivity index (χ3v) is 5.57. The smallest absolute Gasteiger partial charge is 0.245 e. The van der Waals surface area contributed by atoms with Gasteiger partial charge in [-0.05, 0) is 42.9 Å². The quantitative estimate of drug-likeness (QED) is 0.370. The lowest BCUT2D eigenvalue weighted by molar-refractivity contribution is -0.124. The van der Waals surface area contributed by atoms with Crippen molar-refractivity contribution in [3.05, 3.63) is 23.8 Å². The number of carbonyl (C=O) groups excluding carboxylic acids is 2. The average molecular weight is 449 g/mol. The Kier molecular flexibility index (Phi) is 10.3. The first-order valence-corrected chi connectivity index (χ1v) is 11.1. The molecule has 0 radical (unpaired) electrons. The summed E-state index contributed by atoms with van der Waals surface area (Å²) in [6.45, 7) is 5.41. The first-order chi connectivity index (χ1) is 15.4. The van der Waals surface area contributed by atoms with Crippen molar-refractivity contribution >= 4 is 17.8 Å². The van der Waals surface area contributed by atoms with Crippen molar-refractivity contribution in [2.75, 3.05) is 27.4 Å². The van der Waals surface area contributed by atoms with Crippen molar-refractivity contribution in [3.8, 4) is 11.5 Å². The molecule has 9 nitrogen and oxygen atoms in total. The fourth-order valence-electron chi connectivity index (χ4n) is 3.47. The molecule has 1 fully saturated rings. The summed E-state index contributed by atoms with van der Waals surface area (Å²) in [7, 11) is 3.09. The van der Waals surface area contributed by atoms with Gasteiger partial charge in [-0.15, -0.1) is 0 Å². The Hall–Kier alpha value is -2.81. The zero-order chi connectivity index (χ0) is 23.5. The maximum absolute atomic E-state index is 12.9. The Morgan fingerprint density at radius 3 is 2.53 bits per heavy atom. The lowest BCUT2D eigenvalue weighted by Crippen LogP contribution is -2.46. The molecule has 0 bridgehead atoms. The van der Waals surface area contributed by atoms with E-state index in [2.05, 4.69) is 29.5 Å². The zero-order valence-corrected chi connectivity index (χ0v) is 19.5. The maximum Gasteiger partial charge on any atom is 0.245 e. The van der Waals surface area contributed by atoms with E-state index in [1.54, 1.807) is 25.3 Å². The molecule has 1 aromatic carbocycles. The monoisotopic (exact) mass is 448 g/mol. The van der Waals surface area contributed by atoms with E-state index in [1.807, 2.05) is 0 Å². The van der Waals surface area contributed by atoms with Crippen LogP contribution in [0.15, 0.2) is 23.2 Å². The van der Waals surface area contributed by atoms with Crippen LogP contribution in [0.1, 0.15) is 45.1 Å². The van der Waals surface area contributed by atoms with Gasteiger partial charge in [-0.1, -0.05) is 26.3 Å². The number of nitrogens with one attached hydrogen (secondary N) is 2. The highest BCUT2D eigenvalue weighted by molar-refractivity contribution is 5.98. The molecule has 1 unspecified atom stereocenters. The van der Waals surface area contributed by atoms with Gasteiger partial charge in [0.1, 0.15) is 6.04 Å². The molecule has 2 atom stereocenters. The molecule has 9 heteroatoms. The number of nitrogens with two attached hydrogens (primary N) is 1. The topological polar surface area (TPSA) is 124 Å². The number of guanidine groups is 1. The lowest BCUT2D eigenvalue weighted by Gasteiger charge is -2.25. The highest BCUT2D eigenvalue weighted by Gasteiger charge is 2.24. The lowest BCUT2D eigenvalue weighted by atomic mass is 9.98. The molecular weight excluding hydrogens is 412 g/mol. The van der Waals surface area contributed by atoms with E-state index >= 15 is 0 Å². The minimum atomic E-state index is -0.658. The van der Waals surface area contributed by atoms with E-state index in [1.165, 1.54) is 7.11 Å². The number of hydrogen-bond acceptors (Lipinski definition) is 6. The Bertz CT molecular complexity index is 793. The van der Waals surface area contributed by atoms with Gasteiger partial charge in [0.2, 0.25) is 11.8 Å². The summed E-state index contributed by atoms with van der Waals surface area (Å²) in [4.78, 5) is 29.7. The van der Waals surface area contributed by atoms with Crippen LogP contribution in [0, 0.1) is 5.92 Å². The third-order valence-electron chi connectivity index (χ3n) is 5.57. The number of rotatable bonds is 10. The summed E-state index contributed by atoms with van der Waals surface area (Å²) in [6, 6.07) is 4.67. The van der Waals surface area contributed by atoms with Crippen molar-refractivity contribution in [2.45, 2.75) is 58.0 Å². The number of nitrogens with zero attached hydrogens (tertiary/aromatic N) is 1. The average Bonchev–Trinajstić information content (AvgIpc) is 2.78. The van der Waals surface area contributed by atoms with Crippen molar-refractivity contribution < 1.29 is 23.8 Å². The van der Waals surface area contributed by atoms with Crippen LogP contribution >= 0.6 is 0 Å². The van der Waals surface area contributed by atoms with E-state index in [0.717, 1.165) is 24.8 Å². The molecule has 32 heavy (non-hydrogen) atoms. The second kappa shape index (κ2) is 12.9. The van der Waals surface area contributed by atoms with E-state index in [4.69, 9.17) is 19.9 Å². The molecule has 2 rings (SSSR count). The molecule has 4 N–H and O–H groups in total. The van der Waals surface area contributed by atoms with Gasteiger partial charge in [0, 0.05) is 19.3 Å². The van der Waals surface area contributed by atoms with Gasteiger partial charge in [0.05, 0.1) is 20.6 Å². The SMILES string of the molecule is CCC(C)C[C@@H](N=C(N)NC(=O)Cc1ccc(OC)c(OC)c1)C(=O)NC1CCOCC1. The van der Waals surface area contributed by atoms with Crippen molar-refractivity contribution in [1.29, 1.82) is 0 Å². The number of carbonyl (C=O) groups is 2. The number of aliphatic imine (C=N–C) groups is 1. The standard InChI is InChI=1S/C23H36N4O5/c1-5-15(2)12-18(22(29)25-17-8-10-32-11-9-17)26-23(24)27-21(28)14-16-6-7-19(30-3)20(13-16)31-4/h6-7,13,15,17-18H,5,8-12,14H2,1-4H3,(H,25,29)(H3,24,26,27,28)/t15?,18-/m1/s1. The highest BCUT2D eigenvalue weighted by Crippen LogP contribution is 2.27. The summed E-state index contributed by atoms with van der Waals surface area (Å²) >= 11 is 0. The maximum atomic E-state index is 12.9. The van der Waals surface area contributed by atoms with Crippen LogP contribution in [0.4, 0.5) is 0 Å². The van der Waals surface area contributed by atoms with Crippen LogP contribution in [0.2, 0.25) is 0 Å². The fraction of sp³-hybridized carbons (Fsp3) is 0.609. The predicted molar refractivity (Wildman–Crippen MR) is 123 cm³/mol. The van der Waals surface area contributed by atoms with Crippen LogP contribution in [-0.2, 0) is 20.7 Å². The molecule has 0 aliphatic carbocycles. The molecule has 1 aromatic rings. The van der Waals surface area contributed by atoms with Crippen molar-refractivity contribution in [3.63, 3.8) is 0 Å². The first kappa shape index (κ1) is 25.5. The van der Waals surface area contributed by atoms with Crippen molar-refractivity contribution in [2.24, 2.45) is 16.6 Å². The largest absolute Gasteiger partial charge is 0.493 e. The number of benzene rings is 1. The van der Waals surface area contributed by atoms with E-state index in [-0.39, 0.29) is 30.2 Å². The molecular formula is C23H36N4O5. The second-order valence-electron chi connectivity index (χ2n) is 8.09. The van der Waals surface area contributed by atoms with E-state index < -0.39 is 6.04 Å². The summed E-state index contributed by atoms with van der Waals surface area (Å²) < 4.78 is 15.8. The summed E-state index contributed by atoms with van der Waals surface area (Å²) in [5, 5.41) is 5.64. The minimum Gasteiger partial charge on any atom is -0.493 e. The van der Waals surface area contributed by atoms with Crippen LogP contribution < -0.4 is 25.8 Å². The van der Waals surface area contributed by atoms with Gasteiger partial charge < -0.3 is 25.3 Å². The molecule has 1 aliphatic heterocycles. The zero-order valence-electron chi connectivity index (χ0n) is 19.5. The van der Waals surface area contributed by atoms with Crippen LogP contribution in [-0.4, -0.2) is 57.3 Å². The van der Waals surface area contributed by atoms with Crippen molar-refractivity contribution in [1.82, 2.24) is 10.6 Å². The fourth-order valence-corrected chi connectivity index (χ4v) is 3.47. The molecule has 1 heterocycles. The molecule has 178 valence electrons. The molecule has 1 aliphatic rings. The number of amides is 2. The summed E-state index contributed by atoms with van der Waals surface area (Å²) in [6.07, 6.45) is 3.12. The minimum absolute atomic E-state index is 0.0640. The van der Waals surface area contributed by atoms with Crippen LogP contribution in [0.3, 0.4) is 0 Å².